The average molecular weight is 795 g/mol. The molecule has 0 bridgehead atoms. The van der Waals surface area contributed by atoms with E-state index in [1.165, 1.54) is 22.3 Å². The van der Waals surface area contributed by atoms with E-state index in [0.29, 0.717) is 0 Å². The molecule has 13 rings (SSSR count). The van der Waals surface area contributed by atoms with Gasteiger partial charge in [-0.05, 0) is 99.9 Å². The van der Waals surface area contributed by atoms with Crippen LogP contribution < -0.4 is 9.80 Å². The van der Waals surface area contributed by atoms with Gasteiger partial charge >= 0.3 is 0 Å². The van der Waals surface area contributed by atoms with Gasteiger partial charge in [-0.15, -0.1) is 0 Å². The highest BCUT2D eigenvalue weighted by Gasteiger charge is 2.38. The highest BCUT2D eigenvalue weighted by molar-refractivity contribution is 6.19. The van der Waals surface area contributed by atoms with Gasteiger partial charge in [-0.25, -0.2) is 4.98 Å². The fraction of sp³-hybridized carbons (Fsp3) is 0.0526. The Bertz CT molecular complexity index is 3620. The first-order chi connectivity index (χ1) is 30.5. The van der Waals surface area contributed by atoms with Gasteiger partial charge in [0.15, 0.2) is 0 Å². The Labute approximate surface area is 358 Å². The molecule has 0 spiro atoms. The lowest BCUT2D eigenvalue weighted by atomic mass is 9.82. The molecule has 1 aliphatic carbocycles. The van der Waals surface area contributed by atoms with E-state index >= 15 is 0 Å². The van der Waals surface area contributed by atoms with Crippen molar-refractivity contribution in [2.45, 2.75) is 19.3 Å². The second-order valence-electron chi connectivity index (χ2n) is 16.9. The second-order valence-corrected chi connectivity index (χ2v) is 16.9. The SMILES string of the molecule is CC1(C)c2ccccc2-c2c(N(c3ccc(-c4ccc(N5c6ccccc6-c6nccc7c6c5nc5ccccc57)cc4)cc3)c3cccc4oc5ccccc5c34)cccc21. The number of pyridine rings is 2. The number of hydrogen-bond acceptors (Lipinski definition) is 5. The van der Waals surface area contributed by atoms with E-state index in [9.17, 15) is 0 Å². The number of anilines is 6. The molecule has 0 radical (unpaired) electrons. The number of benzene rings is 8. The molecule has 0 saturated carbocycles. The van der Waals surface area contributed by atoms with Crippen LogP contribution in [0.3, 0.4) is 0 Å². The highest BCUT2D eigenvalue weighted by atomic mass is 16.3. The zero-order valence-electron chi connectivity index (χ0n) is 34.2. The Morgan fingerprint density at radius 3 is 2.03 bits per heavy atom. The van der Waals surface area contributed by atoms with Crippen LogP contribution in [0, 0.1) is 0 Å². The molecule has 5 heteroatoms. The van der Waals surface area contributed by atoms with Crippen LogP contribution in [0.5, 0.6) is 0 Å². The van der Waals surface area contributed by atoms with Crippen molar-refractivity contribution in [3.05, 3.63) is 205 Å². The maximum atomic E-state index is 6.46. The van der Waals surface area contributed by atoms with Crippen molar-refractivity contribution < 1.29 is 4.42 Å². The third-order valence-corrected chi connectivity index (χ3v) is 13.2. The molecule has 0 N–H and O–H groups in total. The van der Waals surface area contributed by atoms with E-state index in [0.717, 1.165) is 100 Å². The molecule has 0 amide bonds. The van der Waals surface area contributed by atoms with E-state index in [1.54, 1.807) is 0 Å². The van der Waals surface area contributed by atoms with Gasteiger partial charge in [0.25, 0.3) is 0 Å². The molecular formula is C57H38N4O. The molecule has 11 aromatic rings. The van der Waals surface area contributed by atoms with Crippen molar-refractivity contribution in [3.8, 4) is 33.5 Å². The number of rotatable bonds is 5. The average Bonchev–Trinajstić information content (AvgIpc) is 3.82. The largest absolute Gasteiger partial charge is 0.456 e. The summed E-state index contributed by atoms with van der Waals surface area (Å²) in [5.74, 6) is 0.900. The summed E-state index contributed by atoms with van der Waals surface area (Å²) in [4.78, 5) is 14.9. The van der Waals surface area contributed by atoms with Gasteiger partial charge < -0.3 is 9.32 Å². The topological polar surface area (TPSA) is 45.4 Å². The fourth-order valence-corrected chi connectivity index (χ4v) is 10.4. The molecule has 3 aromatic heterocycles. The number of para-hydroxylation sites is 3. The predicted octanol–water partition coefficient (Wildman–Crippen LogP) is 15.6. The monoisotopic (exact) mass is 794 g/mol. The Balaban J connectivity index is 0.940. The smallest absolute Gasteiger partial charge is 0.148 e. The second kappa shape index (κ2) is 13.0. The molecule has 0 saturated heterocycles. The molecule has 0 fully saturated rings. The maximum absolute atomic E-state index is 6.46. The summed E-state index contributed by atoms with van der Waals surface area (Å²) in [5.41, 5.74) is 17.6. The molecule has 2 aliphatic rings. The minimum absolute atomic E-state index is 0.134. The summed E-state index contributed by atoms with van der Waals surface area (Å²) in [7, 11) is 0. The third-order valence-electron chi connectivity index (χ3n) is 13.2. The Morgan fingerprint density at radius 2 is 1.18 bits per heavy atom. The first-order valence-electron chi connectivity index (χ1n) is 21.2. The number of aromatic nitrogens is 2. The minimum Gasteiger partial charge on any atom is -0.456 e. The van der Waals surface area contributed by atoms with Crippen LogP contribution in [-0.4, -0.2) is 9.97 Å². The zero-order chi connectivity index (χ0) is 41.1. The number of furan rings is 1. The molecule has 5 nitrogen and oxygen atoms in total. The van der Waals surface area contributed by atoms with Crippen molar-refractivity contribution in [1.29, 1.82) is 0 Å². The zero-order valence-corrected chi connectivity index (χ0v) is 34.2. The molecule has 1 aliphatic heterocycles. The van der Waals surface area contributed by atoms with Gasteiger partial charge in [0.1, 0.15) is 17.0 Å². The molecule has 8 aromatic carbocycles. The first-order valence-corrected chi connectivity index (χ1v) is 21.2. The fourth-order valence-electron chi connectivity index (χ4n) is 10.4. The van der Waals surface area contributed by atoms with E-state index in [4.69, 9.17) is 14.4 Å². The van der Waals surface area contributed by atoms with E-state index < -0.39 is 0 Å². The van der Waals surface area contributed by atoms with Gasteiger partial charge in [-0.2, -0.15) is 0 Å². The molecule has 0 unspecified atom stereocenters. The summed E-state index contributed by atoms with van der Waals surface area (Å²) < 4.78 is 6.46. The van der Waals surface area contributed by atoms with Crippen molar-refractivity contribution in [2.75, 3.05) is 9.80 Å². The summed E-state index contributed by atoms with van der Waals surface area (Å²) in [6.07, 6.45) is 1.92. The summed E-state index contributed by atoms with van der Waals surface area (Å²) in [5, 5.41) is 5.56. The number of nitrogens with zero attached hydrogens (tertiary/aromatic N) is 4. The number of hydrogen-bond donors (Lipinski definition) is 0. The van der Waals surface area contributed by atoms with Crippen LogP contribution >= 0.6 is 0 Å². The lowest BCUT2D eigenvalue weighted by Crippen LogP contribution is -2.17. The molecule has 292 valence electrons. The van der Waals surface area contributed by atoms with Crippen LogP contribution in [0.15, 0.2) is 199 Å². The minimum atomic E-state index is -0.134. The Hall–Kier alpha value is -8.02. The van der Waals surface area contributed by atoms with Crippen molar-refractivity contribution >= 4 is 77.9 Å². The van der Waals surface area contributed by atoms with Crippen LogP contribution in [0.2, 0.25) is 0 Å². The van der Waals surface area contributed by atoms with Gasteiger partial charge in [0.2, 0.25) is 0 Å². The first kappa shape index (κ1) is 34.8. The van der Waals surface area contributed by atoms with Gasteiger partial charge in [-0.3, -0.25) is 9.88 Å². The van der Waals surface area contributed by atoms with Crippen LogP contribution in [0.25, 0.3) is 77.1 Å². The lowest BCUT2D eigenvalue weighted by molar-refractivity contribution is 0.660. The van der Waals surface area contributed by atoms with E-state index in [1.807, 2.05) is 12.3 Å². The molecular weight excluding hydrogens is 757 g/mol. The van der Waals surface area contributed by atoms with Crippen LogP contribution in [0.4, 0.5) is 34.3 Å². The lowest BCUT2D eigenvalue weighted by Gasteiger charge is -2.32. The van der Waals surface area contributed by atoms with Crippen molar-refractivity contribution in [3.63, 3.8) is 0 Å². The Kier molecular flexibility index (Phi) is 7.29. The van der Waals surface area contributed by atoms with E-state index in [2.05, 4.69) is 206 Å². The number of fused-ring (bicyclic) bond motifs is 10. The van der Waals surface area contributed by atoms with Crippen molar-refractivity contribution in [1.82, 2.24) is 9.97 Å². The van der Waals surface area contributed by atoms with E-state index in [-0.39, 0.29) is 5.41 Å². The standard InChI is InChI=1S/C57H38N4O/c1-57(2)44-17-7-3-14-41(44)52-45(57)18-11-21-48(52)60(49-22-12-24-51-53(49)43-16-6-10-23-50(43)62-51)37-29-25-35(26-30-37)36-27-31-38(32-28-36)61-47-20-9-5-15-42(47)55-54-40(33-34-58-55)39-13-4-8-19-46(39)59-56(54)61/h3-34H,1-2H3. The summed E-state index contributed by atoms with van der Waals surface area (Å²) >= 11 is 0. The third kappa shape index (κ3) is 4.90. The summed E-state index contributed by atoms with van der Waals surface area (Å²) in [6.45, 7) is 4.68. The highest BCUT2D eigenvalue weighted by Crippen LogP contribution is 2.55. The summed E-state index contributed by atoms with van der Waals surface area (Å²) in [6, 6.07) is 67.4. The predicted molar refractivity (Wildman–Crippen MR) is 256 cm³/mol. The Morgan fingerprint density at radius 1 is 0.516 bits per heavy atom. The quantitative estimate of drug-likeness (QED) is 0.162. The van der Waals surface area contributed by atoms with Gasteiger partial charge in [-0.1, -0.05) is 135 Å². The van der Waals surface area contributed by atoms with Crippen LogP contribution in [-0.2, 0) is 5.41 Å². The molecule has 0 atom stereocenters. The maximum Gasteiger partial charge on any atom is 0.148 e. The normalized spacial score (nSPS) is 13.4. The molecule has 4 heterocycles. The van der Waals surface area contributed by atoms with Crippen molar-refractivity contribution in [2.24, 2.45) is 0 Å². The van der Waals surface area contributed by atoms with Crippen LogP contribution in [0.1, 0.15) is 25.0 Å². The van der Waals surface area contributed by atoms with Gasteiger partial charge in [0, 0.05) is 44.9 Å². The van der Waals surface area contributed by atoms with Gasteiger partial charge in [0.05, 0.1) is 39.0 Å². The molecule has 62 heavy (non-hydrogen) atoms.